The standard InChI is InChI=1S/C11H15F3N2O3/c12-11(13,14)6-19-5-10(18)16-7-1-2-8(16)4-15-9(17)3-7/h7-8H,1-6H2,(H,15,17). The van der Waals surface area contributed by atoms with Gasteiger partial charge in [0.05, 0.1) is 0 Å². The van der Waals surface area contributed by atoms with Crippen molar-refractivity contribution in [3.05, 3.63) is 0 Å². The van der Waals surface area contributed by atoms with Gasteiger partial charge in [0.15, 0.2) is 0 Å². The molecule has 108 valence electrons. The lowest BCUT2D eigenvalue weighted by Crippen LogP contribution is -2.44. The van der Waals surface area contributed by atoms with Crippen LogP contribution in [-0.4, -0.2) is 54.7 Å². The van der Waals surface area contributed by atoms with Gasteiger partial charge >= 0.3 is 6.18 Å². The fourth-order valence-electron chi connectivity index (χ4n) is 2.62. The summed E-state index contributed by atoms with van der Waals surface area (Å²) in [4.78, 5) is 24.8. The average Bonchev–Trinajstić information content (AvgIpc) is 2.58. The molecule has 1 N–H and O–H groups in total. The van der Waals surface area contributed by atoms with Crippen molar-refractivity contribution in [3.8, 4) is 0 Å². The van der Waals surface area contributed by atoms with Gasteiger partial charge in [-0.3, -0.25) is 9.59 Å². The number of nitrogens with one attached hydrogen (secondary N) is 1. The first-order valence-electron chi connectivity index (χ1n) is 6.09. The van der Waals surface area contributed by atoms with Gasteiger partial charge in [0.2, 0.25) is 11.8 Å². The summed E-state index contributed by atoms with van der Waals surface area (Å²) in [7, 11) is 0. The molecule has 19 heavy (non-hydrogen) atoms. The van der Waals surface area contributed by atoms with Crippen LogP contribution in [-0.2, 0) is 14.3 Å². The summed E-state index contributed by atoms with van der Waals surface area (Å²) in [5.41, 5.74) is 0. The van der Waals surface area contributed by atoms with Crippen LogP contribution in [0.15, 0.2) is 0 Å². The molecule has 2 bridgehead atoms. The van der Waals surface area contributed by atoms with E-state index < -0.39 is 25.3 Å². The zero-order valence-corrected chi connectivity index (χ0v) is 10.2. The van der Waals surface area contributed by atoms with Crippen molar-refractivity contribution in [3.63, 3.8) is 0 Å². The number of fused-ring (bicyclic) bond motifs is 2. The van der Waals surface area contributed by atoms with Crippen LogP contribution in [0.2, 0.25) is 0 Å². The Balaban J connectivity index is 1.90. The Kier molecular flexibility index (Phi) is 3.98. The van der Waals surface area contributed by atoms with Crippen molar-refractivity contribution < 1.29 is 27.5 Å². The summed E-state index contributed by atoms with van der Waals surface area (Å²) in [5, 5.41) is 2.69. The molecule has 2 saturated heterocycles. The molecular weight excluding hydrogens is 265 g/mol. The van der Waals surface area contributed by atoms with Crippen molar-refractivity contribution in [2.24, 2.45) is 0 Å². The van der Waals surface area contributed by atoms with E-state index in [1.54, 1.807) is 0 Å². The highest BCUT2D eigenvalue weighted by Gasteiger charge is 2.40. The first-order valence-corrected chi connectivity index (χ1v) is 6.09. The molecule has 2 aliphatic heterocycles. The van der Waals surface area contributed by atoms with Gasteiger partial charge in [0.25, 0.3) is 0 Å². The monoisotopic (exact) mass is 280 g/mol. The summed E-state index contributed by atoms with van der Waals surface area (Å²) in [6, 6.07) is -0.340. The minimum absolute atomic E-state index is 0.124. The molecule has 2 rings (SSSR count). The molecule has 0 saturated carbocycles. The van der Waals surface area contributed by atoms with Crippen molar-refractivity contribution in [2.45, 2.75) is 37.5 Å². The Labute approximate surface area is 108 Å². The van der Waals surface area contributed by atoms with Gasteiger partial charge in [-0.05, 0) is 12.8 Å². The highest BCUT2D eigenvalue weighted by atomic mass is 19.4. The van der Waals surface area contributed by atoms with Crippen LogP contribution in [0.3, 0.4) is 0 Å². The van der Waals surface area contributed by atoms with Crippen LogP contribution in [0.5, 0.6) is 0 Å². The second-order valence-corrected chi connectivity index (χ2v) is 4.80. The van der Waals surface area contributed by atoms with Gasteiger partial charge < -0.3 is 15.0 Å². The van der Waals surface area contributed by atoms with Crippen LogP contribution in [0.25, 0.3) is 0 Å². The number of halogens is 3. The zero-order valence-electron chi connectivity index (χ0n) is 10.2. The van der Waals surface area contributed by atoms with E-state index in [1.165, 1.54) is 4.90 Å². The van der Waals surface area contributed by atoms with E-state index in [9.17, 15) is 22.8 Å². The number of alkyl halides is 3. The van der Waals surface area contributed by atoms with E-state index in [-0.39, 0.29) is 24.4 Å². The Morgan fingerprint density at radius 3 is 2.74 bits per heavy atom. The van der Waals surface area contributed by atoms with Gasteiger partial charge in [-0.15, -0.1) is 0 Å². The number of carbonyl (C=O) groups excluding carboxylic acids is 2. The number of ether oxygens (including phenoxy) is 1. The van der Waals surface area contributed by atoms with Crippen molar-refractivity contribution >= 4 is 11.8 Å². The van der Waals surface area contributed by atoms with Crippen LogP contribution < -0.4 is 5.32 Å². The molecule has 5 nitrogen and oxygen atoms in total. The number of carbonyl (C=O) groups is 2. The predicted octanol–water partition coefficient (Wildman–Crippen LogP) is 0.445. The Hall–Kier alpha value is -1.31. The largest absolute Gasteiger partial charge is 0.411 e. The highest BCUT2D eigenvalue weighted by molar-refractivity contribution is 5.82. The number of amides is 2. The molecule has 0 aromatic heterocycles. The summed E-state index contributed by atoms with van der Waals surface area (Å²) >= 11 is 0. The fourth-order valence-corrected chi connectivity index (χ4v) is 2.62. The smallest absolute Gasteiger partial charge is 0.362 e. The van der Waals surface area contributed by atoms with Crippen LogP contribution in [0.4, 0.5) is 13.2 Å². The Morgan fingerprint density at radius 1 is 1.37 bits per heavy atom. The molecule has 2 amide bonds. The fraction of sp³-hybridized carbons (Fsp3) is 0.818. The van der Waals surface area contributed by atoms with E-state index in [4.69, 9.17) is 0 Å². The van der Waals surface area contributed by atoms with Crippen LogP contribution in [0, 0.1) is 0 Å². The van der Waals surface area contributed by atoms with Crippen LogP contribution >= 0.6 is 0 Å². The lowest BCUT2D eigenvalue weighted by atomic mass is 10.1. The van der Waals surface area contributed by atoms with Gasteiger partial charge in [0, 0.05) is 25.0 Å². The quantitative estimate of drug-likeness (QED) is 0.816. The maximum absolute atomic E-state index is 11.9. The first-order chi connectivity index (χ1) is 8.87. The maximum Gasteiger partial charge on any atom is 0.411 e. The normalized spacial score (nSPS) is 27.1. The maximum atomic E-state index is 11.9. The highest BCUT2D eigenvalue weighted by Crippen LogP contribution is 2.28. The van der Waals surface area contributed by atoms with E-state index in [0.29, 0.717) is 13.0 Å². The predicted molar refractivity (Wildman–Crippen MR) is 58.2 cm³/mol. The van der Waals surface area contributed by atoms with E-state index in [0.717, 1.165) is 6.42 Å². The number of rotatable bonds is 3. The topological polar surface area (TPSA) is 58.6 Å². The molecule has 2 fully saturated rings. The van der Waals surface area contributed by atoms with Crippen LogP contribution in [0.1, 0.15) is 19.3 Å². The number of hydrogen-bond donors (Lipinski definition) is 1. The third-order valence-electron chi connectivity index (χ3n) is 3.36. The van der Waals surface area contributed by atoms with Gasteiger partial charge in [-0.2, -0.15) is 13.2 Å². The average molecular weight is 280 g/mol. The number of hydrogen-bond acceptors (Lipinski definition) is 3. The van der Waals surface area contributed by atoms with Gasteiger partial charge in [-0.1, -0.05) is 0 Å². The number of nitrogens with zero attached hydrogens (tertiary/aromatic N) is 1. The van der Waals surface area contributed by atoms with Crippen molar-refractivity contribution in [1.82, 2.24) is 10.2 Å². The van der Waals surface area contributed by atoms with Gasteiger partial charge in [0.1, 0.15) is 13.2 Å². The molecule has 2 atom stereocenters. The second kappa shape index (κ2) is 5.36. The molecule has 2 heterocycles. The molecule has 2 aliphatic rings. The minimum atomic E-state index is -4.43. The molecule has 0 radical (unpaired) electrons. The van der Waals surface area contributed by atoms with E-state index >= 15 is 0 Å². The lowest BCUT2D eigenvalue weighted by Gasteiger charge is -2.27. The minimum Gasteiger partial charge on any atom is -0.362 e. The van der Waals surface area contributed by atoms with Crippen molar-refractivity contribution in [1.29, 1.82) is 0 Å². The first kappa shape index (κ1) is 14.1. The van der Waals surface area contributed by atoms with Crippen molar-refractivity contribution in [2.75, 3.05) is 19.8 Å². The molecule has 0 aliphatic carbocycles. The SMILES string of the molecule is O=C1CC2CCC(CN1)N2C(=O)COCC(F)(F)F. The van der Waals surface area contributed by atoms with E-state index in [1.807, 2.05) is 0 Å². The molecule has 0 aromatic carbocycles. The molecule has 0 aromatic rings. The molecular formula is C11H15F3N2O3. The van der Waals surface area contributed by atoms with Gasteiger partial charge in [-0.25, -0.2) is 0 Å². The third kappa shape index (κ3) is 3.59. The Bertz CT molecular complexity index is 373. The summed E-state index contributed by atoms with van der Waals surface area (Å²) in [6.45, 7) is -1.67. The molecule has 2 unspecified atom stereocenters. The van der Waals surface area contributed by atoms with E-state index in [2.05, 4.69) is 10.1 Å². The summed E-state index contributed by atoms with van der Waals surface area (Å²) < 4.78 is 40.2. The summed E-state index contributed by atoms with van der Waals surface area (Å²) in [6.07, 6.45) is -2.75. The third-order valence-corrected chi connectivity index (χ3v) is 3.36. The Morgan fingerprint density at radius 2 is 2.05 bits per heavy atom. The molecule has 8 heteroatoms. The summed E-state index contributed by atoms with van der Waals surface area (Å²) in [5.74, 6) is -0.602. The second-order valence-electron chi connectivity index (χ2n) is 4.80. The molecule has 0 spiro atoms. The zero-order chi connectivity index (χ0) is 14.0. The lowest BCUT2D eigenvalue weighted by molar-refractivity contribution is -0.178.